The molecular formula is C30H26O4. The summed E-state index contributed by atoms with van der Waals surface area (Å²) < 4.78 is 22.7. The molecule has 4 aromatic rings. The van der Waals surface area contributed by atoms with Gasteiger partial charge in [0, 0.05) is 0 Å². The van der Waals surface area contributed by atoms with E-state index < -0.39 is 0 Å². The van der Waals surface area contributed by atoms with Crippen LogP contribution in [0.15, 0.2) is 84.9 Å². The van der Waals surface area contributed by atoms with Crippen LogP contribution in [-0.2, 0) is 0 Å². The summed E-state index contributed by atoms with van der Waals surface area (Å²) in [6.45, 7) is 0. The van der Waals surface area contributed by atoms with Crippen LogP contribution in [0, 0.1) is 0 Å². The number of benzene rings is 4. The van der Waals surface area contributed by atoms with Crippen LogP contribution < -0.4 is 18.9 Å². The molecule has 1 aliphatic carbocycles. The van der Waals surface area contributed by atoms with Gasteiger partial charge in [0.1, 0.15) is 0 Å². The third kappa shape index (κ3) is 3.48. The molecule has 0 saturated heterocycles. The summed E-state index contributed by atoms with van der Waals surface area (Å²) in [6.07, 6.45) is 0. The van der Waals surface area contributed by atoms with Crippen LogP contribution in [0.1, 0.15) is 22.3 Å². The number of ether oxygens (including phenoxy) is 4. The lowest BCUT2D eigenvalue weighted by Gasteiger charge is -2.17. The summed E-state index contributed by atoms with van der Waals surface area (Å²) in [6, 6.07) is 29.1. The van der Waals surface area contributed by atoms with Gasteiger partial charge in [-0.1, -0.05) is 60.7 Å². The monoisotopic (exact) mass is 450 g/mol. The number of hydrogen-bond donors (Lipinski definition) is 0. The molecule has 0 unspecified atom stereocenters. The second-order valence-electron chi connectivity index (χ2n) is 7.99. The van der Waals surface area contributed by atoms with Gasteiger partial charge < -0.3 is 18.9 Å². The molecule has 0 heterocycles. The third-order valence-corrected chi connectivity index (χ3v) is 6.25. The van der Waals surface area contributed by atoms with Crippen LogP contribution in [0.3, 0.4) is 0 Å². The minimum Gasteiger partial charge on any atom is -0.493 e. The van der Waals surface area contributed by atoms with Crippen molar-refractivity contribution in [3.63, 3.8) is 0 Å². The highest BCUT2D eigenvalue weighted by Gasteiger charge is 2.31. The van der Waals surface area contributed by atoms with Crippen LogP contribution in [0.25, 0.3) is 22.3 Å². The van der Waals surface area contributed by atoms with E-state index in [0.717, 1.165) is 44.5 Å². The third-order valence-electron chi connectivity index (χ3n) is 6.25. The van der Waals surface area contributed by atoms with E-state index in [2.05, 4.69) is 60.7 Å². The van der Waals surface area contributed by atoms with Crippen molar-refractivity contribution in [1.82, 2.24) is 0 Å². The van der Waals surface area contributed by atoms with Crippen molar-refractivity contribution in [3.05, 3.63) is 107 Å². The number of methoxy groups -OCH3 is 4. The molecule has 4 nitrogen and oxygen atoms in total. The van der Waals surface area contributed by atoms with Gasteiger partial charge in [0.25, 0.3) is 0 Å². The van der Waals surface area contributed by atoms with Crippen molar-refractivity contribution in [2.24, 2.45) is 0 Å². The highest BCUT2D eigenvalue weighted by molar-refractivity contribution is 6.14. The molecule has 0 saturated carbocycles. The molecular weight excluding hydrogens is 424 g/mol. The highest BCUT2D eigenvalue weighted by Crippen LogP contribution is 2.54. The van der Waals surface area contributed by atoms with Crippen molar-refractivity contribution in [1.29, 1.82) is 0 Å². The quantitative estimate of drug-likeness (QED) is 0.288. The van der Waals surface area contributed by atoms with Gasteiger partial charge >= 0.3 is 0 Å². The molecule has 0 bridgehead atoms. The first kappa shape index (κ1) is 21.7. The molecule has 0 radical (unpaired) electrons. The number of rotatable bonds is 6. The van der Waals surface area contributed by atoms with Gasteiger partial charge in [0.2, 0.25) is 0 Å². The topological polar surface area (TPSA) is 36.9 Å². The van der Waals surface area contributed by atoms with Crippen LogP contribution in [0.2, 0.25) is 0 Å². The van der Waals surface area contributed by atoms with Crippen LogP contribution in [0.5, 0.6) is 23.0 Å². The van der Waals surface area contributed by atoms with E-state index in [-0.39, 0.29) is 0 Å². The lowest BCUT2D eigenvalue weighted by molar-refractivity contribution is 0.354. The summed E-state index contributed by atoms with van der Waals surface area (Å²) >= 11 is 0. The SMILES string of the molecule is COc1cc2c(cc1OC)-c1cc(OC)c(OC)cc1C2=C(c1ccccc1)c1ccccc1. The molecule has 34 heavy (non-hydrogen) atoms. The van der Waals surface area contributed by atoms with Crippen molar-refractivity contribution < 1.29 is 18.9 Å². The average molecular weight is 451 g/mol. The Morgan fingerprint density at radius 1 is 0.441 bits per heavy atom. The molecule has 170 valence electrons. The fourth-order valence-electron chi connectivity index (χ4n) is 4.70. The van der Waals surface area contributed by atoms with Gasteiger partial charge in [-0.15, -0.1) is 0 Å². The highest BCUT2D eigenvalue weighted by atomic mass is 16.5. The lowest BCUT2D eigenvalue weighted by Crippen LogP contribution is -1.97. The van der Waals surface area contributed by atoms with Gasteiger partial charge in [-0.3, -0.25) is 0 Å². The maximum atomic E-state index is 5.69. The average Bonchev–Trinajstić information content (AvgIpc) is 3.20. The summed E-state index contributed by atoms with van der Waals surface area (Å²) in [5, 5.41) is 0. The zero-order valence-electron chi connectivity index (χ0n) is 19.7. The fourth-order valence-corrected chi connectivity index (χ4v) is 4.70. The molecule has 0 N–H and O–H groups in total. The molecule has 0 atom stereocenters. The van der Waals surface area contributed by atoms with Gasteiger partial charge in [0.15, 0.2) is 23.0 Å². The summed E-state index contributed by atoms with van der Waals surface area (Å²) in [5.74, 6) is 2.74. The molecule has 0 aromatic heterocycles. The standard InChI is InChI=1S/C30H26O4/c1-31-25-15-21-22-16-26(32-2)28(34-4)18-24(22)30(23(21)17-27(25)33-3)29(19-11-7-5-8-12-19)20-13-9-6-10-14-20/h5-18H,1-4H3. The Hall–Kier alpha value is -4.18. The van der Waals surface area contributed by atoms with Gasteiger partial charge in [-0.25, -0.2) is 0 Å². The molecule has 1 aliphatic rings. The molecule has 5 rings (SSSR count). The zero-order valence-corrected chi connectivity index (χ0v) is 19.7. The Morgan fingerprint density at radius 2 is 0.765 bits per heavy atom. The maximum Gasteiger partial charge on any atom is 0.161 e. The van der Waals surface area contributed by atoms with Crippen molar-refractivity contribution in [2.45, 2.75) is 0 Å². The van der Waals surface area contributed by atoms with Gasteiger partial charge in [0.05, 0.1) is 28.4 Å². The first-order chi connectivity index (χ1) is 16.7. The van der Waals surface area contributed by atoms with E-state index in [0.29, 0.717) is 23.0 Å². The van der Waals surface area contributed by atoms with Gasteiger partial charge in [-0.05, 0) is 68.8 Å². The lowest BCUT2D eigenvalue weighted by atomic mass is 9.88. The molecule has 4 heteroatoms. The first-order valence-electron chi connectivity index (χ1n) is 11.1. The Bertz CT molecular complexity index is 1270. The molecule has 0 spiro atoms. The normalized spacial score (nSPS) is 11.5. The first-order valence-corrected chi connectivity index (χ1v) is 11.1. The Labute approximate surface area is 200 Å². The molecule has 0 aliphatic heterocycles. The van der Waals surface area contributed by atoms with Crippen molar-refractivity contribution >= 4 is 11.1 Å². The Morgan fingerprint density at radius 3 is 1.09 bits per heavy atom. The number of fused-ring (bicyclic) bond motifs is 3. The van der Waals surface area contributed by atoms with Crippen molar-refractivity contribution in [3.8, 4) is 34.1 Å². The Kier molecular flexibility index (Phi) is 5.72. The fraction of sp³-hybridized carbons (Fsp3) is 0.133. The summed E-state index contributed by atoms with van der Waals surface area (Å²) in [7, 11) is 6.64. The second-order valence-corrected chi connectivity index (χ2v) is 7.99. The smallest absolute Gasteiger partial charge is 0.161 e. The molecule has 4 aromatic carbocycles. The van der Waals surface area contributed by atoms with Crippen LogP contribution in [0.4, 0.5) is 0 Å². The zero-order chi connectivity index (χ0) is 23.7. The Balaban J connectivity index is 1.95. The van der Waals surface area contributed by atoms with E-state index in [9.17, 15) is 0 Å². The molecule has 0 fully saturated rings. The second kappa shape index (κ2) is 8.99. The maximum absolute atomic E-state index is 5.69. The van der Waals surface area contributed by atoms with Crippen molar-refractivity contribution in [2.75, 3.05) is 28.4 Å². The molecule has 0 amide bonds. The predicted molar refractivity (Wildman–Crippen MR) is 136 cm³/mol. The predicted octanol–water partition coefficient (Wildman–Crippen LogP) is 6.71. The minimum atomic E-state index is 0.684. The van der Waals surface area contributed by atoms with E-state index in [1.165, 1.54) is 0 Å². The van der Waals surface area contributed by atoms with Crippen LogP contribution >= 0.6 is 0 Å². The van der Waals surface area contributed by atoms with E-state index in [4.69, 9.17) is 18.9 Å². The number of hydrogen-bond acceptors (Lipinski definition) is 4. The van der Waals surface area contributed by atoms with E-state index in [1.807, 2.05) is 24.3 Å². The van der Waals surface area contributed by atoms with Gasteiger partial charge in [-0.2, -0.15) is 0 Å². The summed E-state index contributed by atoms with van der Waals surface area (Å²) in [4.78, 5) is 0. The van der Waals surface area contributed by atoms with E-state index in [1.54, 1.807) is 28.4 Å². The van der Waals surface area contributed by atoms with E-state index >= 15 is 0 Å². The largest absolute Gasteiger partial charge is 0.493 e. The summed E-state index contributed by atoms with van der Waals surface area (Å²) in [5.41, 5.74) is 8.79. The van der Waals surface area contributed by atoms with Crippen LogP contribution in [-0.4, -0.2) is 28.4 Å². The minimum absolute atomic E-state index is 0.684.